The van der Waals surface area contributed by atoms with Crippen molar-refractivity contribution in [2.24, 2.45) is 0 Å². The Balaban J connectivity index is 2.77. The number of aromatic amines is 1. The molecule has 2 rings (SSSR count). The molecule has 2 aromatic heterocycles. The van der Waals surface area contributed by atoms with Crippen LogP contribution in [0.3, 0.4) is 0 Å². The van der Waals surface area contributed by atoms with Crippen molar-refractivity contribution in [3.05, 3.63) is 27.1 Å². The van der Waals surface area contributed by atoms with Crippen molar-refractivity contribution in [1.82, 2.24) is 9.97 Å². The third-order valence-corrected chi connectivity index (χ3v) is 3.41. The average molecular weight is 268 g/mol. The zero-order chi connectivity index (χ0) is 13.3. The maximum atomic E-state index is 11.7. The van der Waals surface area contributed by atoms with Gasteiger partial charge < -0.3 is 14.8 Å². The molecule has 0 saturated carbocycles. The smallest absolute Gasteiger partial charge is 0.348 e. The van der Waals surface area contributed by atoms with Crippen LogP contribution in [0, 0.1) is 0 Å². The minimum atomic E-state index is -1.14. The number of thiophene rings is 1. The highest BCUT2D eigenvalue weighted by atomic mass is 32.1. The first-order chi connectivity index (χ1) is 8.54. The largest absolute Gasteiger partial charge is 0.481 e. The molecular formula is C10H8N2O5S. The molecule has 2 heterocycles. The number of H-pyrrole nitrogens is 1. The Hall–Kier alpha value is -2.22. The van der Waals surface area contributed by atoms with E-state index in [0.717, 1.165) is 11.3 Å². The summed E-state index contributed by atoms with van der Waals surface area (Å²) in [6, 6.07) is 0. The van der Waals surface area contributed by atoms with Gasteiger partial charge in [0.25, 0.3) is 5.56 Å². The molecule has 2 N–H and O–H groups in total. The number of carboxylic acids is 1. The Morgan fingerprint density at radius 1 is 1.56 bits per heavy atom. The third-order valence-electron chi connectivity index (χ3n) is 2.29. The van der Waals surface area contributed by atoms with Crippen LogP contribution in [-0.4, -0.2) is 34.1 Å². The van der Waals surface area contributed by atoms with Crippen LogP contribution < -0.4 is 5.56 Å². The number of carbonyl (C=O) groups excluding carboxylic acids is 1. The summed E-state index contributed by atoms with van der Waals surface area (Å²) in [4.78, 5) is 40.7. The number of ether oxygens (including phenoxy) is 1. The molecule has 2 aromatic rings. The number of aromatic nitrogens is 2. The van der Waals surface area contributed by atoms with Gasteiger partial charge in [0.15, 0.2) is 0 Å². The molecule has 0 aliphatic carbocycles. The number of nitrogens with zero attached hydrogens (tertiary/aromatic N) is 1. The van der Waals surface area contributed by atoms with Crippen molar-refractivity contribution in [3.63, 3.8) is 0 Å². The van der Waals surface area contributed by atoms with E-state index < -0.39 is 23.9 Å². The van der Waals surface area contributed by atoms with E-state index >= 15 is 0 Å². The normalized spacial score (nSPS) is 10.5. The standard InChI is InChI=1S/C10H8N2O5S/c1-17-10(16)7-4(2-5(13)14)6-8(15)11-3-12-9(6)18-7/h3H,2H2,1H3,(H,13,14)(H,11,12,15). The number of hydrogen-bond acceptors (Lipinski definition) is 6. The Labute approximate surface area is 104 Å². The second-order valence-corrected chi connectivity index (χ2v) is 4.38. The van der Waals surface area contributed by atoms with Crippen molar-refractivity contribution in [2.75, 3.05) is 7.11 Å². The zero-order valence-electron chi connectivity index (χ0n) is 9.22. The van der Waals surface area contributed by atoms with Crippen LogP contribution in [0.1, 0.15) is 15.2 Å². The molecule has 0 unspecified atom stereocenters. The summed E-state index contributed by atoms with van der Waals surface area (Å²) in [5.41, 5.74) is -0.327. The van der Waals surface area contributed by atoms with Gasteiger partial charge in [-0.05, 0) is 0 Å². The molecule has 0 spiro atoms. The maximum absolute atomic E-state index is 11.7. The van der Waals surface area contributed by atoms with Crippen LogP contribution in [0.25, 0.3) is 10.2 Å². The van der Waals surface area contributed by atoms with Crippen molar-refractivity contribution < 1.29 is 19.4 Å². The van der Waals surface area contributed by atoms with E-state index in [-0.39, 0.29) is 15.8 Å². The Bertz CT molecular complexity index is 687. The summed E-state index contributed by atoms with van der Waals surface area (Å²) in [5, 5.41) is 8.96. The molecule has 0 aliphatic heterocycles. The van der Waals surface area contributed by atoms with Gasteiger partial charge >= 0.3 is 11.9 Å². The lowest BCUT2D eigenvalue weighted by molar-refractivity contribution is -0.136. The van der Waals surface area contributed by atoms with E-state index in [4.69, 9.17) is 5.11 Å². The van der Waals surface area contributed by atoms with Gasteiger partial charge in [-0.3, -0.25) is 9.59 Å². The van der Waals surface area contributed by atoms with Crippen LogP contribution in [0.15, 0.2) is 11.1 Å². The van der Waals surface area contributed by atoms with Gasteiger partial charge in [0.2, 0.25) is 0 Å². The molecule has 18 heavy (non-hydrogen) atoms. The number of hydrogen-bond donors (Lipinski definition) is 2. The Kier molecular flexibility index (Phi) is 3.11. The molecule has 0 fully saturated rings. The van der Waals surface area contributed by atoms with Gasteiger partial charge in [-0.2, -0.15) is 0 Å². The van der Waals surface area contributed by atoms with Crippen molar-refractivity contribution >= 4 is 33.5 Å². The fourth-order valence-electron chi connectivity index (χ4n) is 1.58. The summed E-state index contributed by atoms with van der Waals surface area (Å²) in [5.74, 6) is -1.81. The van der Waals surface area contributed by atoms with Gasteiger partial charge in [-0.15, -0.1) is 11.3 Å². The lowest BCUT2D eigenvalue weighted by Gasteiger charge is -1.99. The Morgan fingerprint density at radius 2 is 2.28 bits per heavy atom. The monoisotopic (exact) mass is 268 g/mol. The highest BCUT2D eigenvalue weighted by Gasteiger charge is 2.23. The van der Waals surface area contributed by atoms with Crippen molar-refractivity contribution in [1.29, 1.82) is 0 Å². The molecule has 0 bridgehead atoms. The van der Waals surface area contributed by atoms with Crippen LogP contribution in [0.2, 0.25) is 0 Å². The van der Waals surface area contributed by atoms with Crippen LogP contribution in [0.5, 0.6) is 0 Å². The first kappa shape index (κ1) is 12.2. The van der Waals surface area contributed by atoms with Crippen LogP contribution in [-0.2, 0) is 16.0 Å². The predicted octanol–water partition coefficient (Wildman–Crippen LogP) is 0.398. The fraction of sp³-hybridized carbons (Fsp3) is 0.200. The second kappa shape index (κ2) is 4.57. The molecule has 0 amide bonds. The molecule has 0 atom stereocenters. The fourth-order valence-corrected chi connectivity index (χ4v) is 2.66. The van der Waals surface area contributed by atoms with Crippen molar-refractivity contribution in [3.8, 4) is 0 Å². The molecule has 0 radical (unpaired) electrons. The molecule has 94 valence electrons. The first-order valence-corrected chi connectivity index (χ1v) is 5.65. The van der Waals surface area contributed by atoms with Gasteiger partial charge in [0, 0.05) is 5.56 Å². The summed E-state index contributed by atoms with van der Waals surface area (Å²) < 4.78 is 4.57. The van der Waals surface area contributed by atoms with E-state index in [1.165, 1.54) is 13.4 Å². The van der Waals surface area contributed by atoms with Gasteiger partial charge in [-0.1, -0.05) is 0 Å². The first-order valence-electron chi connectivity index (χ1n) is 4.83. The molecule has 0 saturated heterocycles. The summed E-state index contributed by atoms with van der Waals surface area (Å²) in [6.07, 6.45) is 0.770. The second-order valence-electron chi connectivity index (χ2n) is 3.38. The number of nitrogens with one attached hydrogen (secondary N) is 1. The third kappa shape index (κ3) is 1.97. The number of aliphatic carboxylic acids is 1. The Morgan fingerprint density at radius 3 is 2.89 bits per heavy atom. The average Bonchev–Trinajstić information content (AvgIpc) is 2.68. The van der Waals surface area contributed by atoms with E-state index in [0.29, 0.717) is 4.83 Å². The number of rotatable bonds is 3. The number of fused-ring (bicyclic) bond motifs is 1. The van der Waals surface area contributed by atoms with E-state index in [1.54, 1.807) is 0 Å². The topological polar surface area (TPSA) is 109 Å². The summed E-state index contributed by atoms with van der Waals surface area (Å²) in [6.45, 7) is 0. The molecule has 7 nitrogen and oxygen atoms in total. The predicted molar refractivity (Wildman–Crippen MR) is 62.9 cm³/mol. The lowest BCUT2D eigenvalue weighted by atomic mass is 10.1. The van der Waals surface area contributed by atoms with Crippen molar-refractivity contribution in [2.45, 2.75) is 6.42 Å². The SMILES string of the molecule is COC(=O)c1sc2nc[nH]c(=O)c2c1CC(=O)O. The number of methoxy groups -OCH3 is 1. The van der Waals surface area contributed by atoms with Crippen LogP contribution >= 0.6 is 11.3 Å². The van der Waals surface area contributed by atoms with E-state index in [9.17, 15) is 14.4 Å². The number of esters is 1. The molecular weight excluding hydrogens is 260 g/mol. The highest BCUT2D eigenvalue weighted by molar-refractivity contribution is 7.20. The quantitative estimate of drug-likeness (QED) is 0.780. The minimum absolute atomic E-state index is 0.0964. The molecule has 0 aromatic carbocycles. The minimum Gasteiger partial charge on any atom is -0.481 e. The van der Waals surface area contributed by atoms with E-state index in [1.807, 2.05) is 0 Å². The lowest BCUT2D eigenvalue weighted by Crippen LogP contribution is -2.11. The molecule has 8 heteroatoms. The van der Waals surface area contributed by atoms with Gasteiger partial charge in [-0.25, -0.2) is 9.78 Å². The highest BCUT2D eigenvalue weighted by Crippen LogP contribution is 2.28. The summed E-state index contributed by atoms with van der Waals surface area (Å²) in [7, 11) is 1.19. The van der Waals surface area contributed by atoms with E-state index in [2.05, 4.69) is 14.7 Å². The summed E-state index contributed by atoms with van der Waals surface area (Å²) >= 11 is 0.944. The maximum Gasteiger partial charge on any atom is 0.348 e. The van der Waals surface area contributed by atoms with Crippen LogP contribution in [0.4, 0.5) is 0 Å². The van der Waals surface area contributed by atoms with Gasteiger partial charge in [0.05, 0.1) is 25.2 Å². The molecule has 0 aliphatic rings. The number of carbonyl (C=O) groups is 2. The van der Waals surface area contributed by atoms with Gasteiger partial charge in [0.1, 0.15) is 9.71 Å². The zero-order valence-corrected chi connectivity index (χ0v) is 10.0. The number of carboxylic acid groups (broad SMARTS) is 1.